The summed E-state index contributed by atoms with van der Waals surface area (Å²) in [6, 6.07) is 11.5. The van der Waals surface area contributed by atoms with Crippen LogP contribution in [0, 0.1) is 19.7 Å². The number of hydrogen-bond acceptors (Lipinski definition) is 4. The molecular weight excluding hydrogens is 361 g/mol. The van der Waals surface area contributed by atoms with Gasteiger partial charge in [-0.1, -0.05) is 18.2 Å². The smallest absolute Gasteiger partial charge is 0.331 e. The fourth-order valence-corrected chi connectivity index (χ4v) is 2.92. The SMILES string of the molecule is Cc1cc(C(=O)COC(=O)/C=C/c2ccccc2F)c(C)n1Cc1ccco1. The monoisotopic (exact) mass is 381 g/mol. The van der Waals surface area contributed by atoms with Gasteiger partial charge in [0.25, 0.3) is 0 Å². The molecule has 0 unspecified atom stereocenters. The number of furan rings is 1. The van der Waals surface area contributed by atoms with Crippen LogP contribution in [-0.4, -0.2) is 22.9 Å². The molecule has 6 heteroatoms. The molecule has 0 saturated heterocycles. The van der Waals surface area contributed by atoms with Crippen LogP contribution in [0.2, 0.25) is 0 Å². The third-order valence-electron chi connectivity index (χ3n) is 4.42. The maximum absolute atomic E-state index is 13.5. The molecule has 2 aromatic heterocycles. The molecule has 0 N–H and O–H groups in total. The van der Waals surface area contributed by atoms with Crippen molar-refractivity contribution < 1.29 is 23.1 Å². The number of esters is 1. The zero-order valence-electron chi connectivity index (χ0n) is 15.6. The van der Waals surface area contributed by atoms with Gasteiger partial charge in [0.2, 0.25) is 5.78 Å². The lowest BCUT2D eigenvalue weighted by Crippen LogP contribution is -2.13. The van der Waals surface area contributed by atoms with Gasteiger partial charge in [0.15, 0.2) is 6.61 Å². The lowest BCUT2D eigenvalue weighted by atomic mass is 10.1. The Bertz CT molecular complexity index is 1020. The minimum absolute atomic E-state index is 0.271. The van der Waals surface area contributed by atoms with E-state index in [0.29, 0.717) is 12.1 Å². The van der Waals surface area contributed by atoms with Gasteiger partial charge in [0, 0.05) is 28.6 Å². The number of nitrogens with zero attached hydrogens (tertiary/aromatic N) is 1. The number of carbonyl (C=O) groups is 2. The largest absolute Gasteiger partial charge is 0.467 e. The number of rotatable bonds is 7. The van der Waals surface area contributed by atoms with Crippen LogP contribution in [0.25, 0.3) is 6.08 Å². The summed E-state index contributed by atoms with van der Waals surface area (Å²) < 4.78 is 25.9. The molecular formula is C22H20FNO4. The van der Waals surface area contributed by atoms with E-state index < -0.39 is 11.8 Å². The normalized spacial score (nSPS) is 11.1. The zero-order valence-corrected chi connectivity index (χ0v) is 15.6. The number of aryl methyl sites for hydroxylation is 1. The average molecular weight is 381 g/mol. The number of halogens is 1. The summed E-state index contributed by atoms with van der Waals surface area (Å²) in [7, 11) is 0. The van der Waals surface area contributed by atoms with Gasteiger partial charge in [0.05, 0.1) is 12.8 Å². The fraction of sp³-hybridized carbons (Fsp3) is 0.182. The van der Waals surface area contributed by atoms with E-state index in [1.54, 1.807) is 24.5 Å². The number of carbonyl (C=O) groups excluding carboxylic acids is 2. The Kier molecular flexibility index (Phi) is 5.89. The first-order chi connectivity index (χ1) is 13.5. The number of ether oxygens (including phenoxy) is 1. The minimum atomic E-state index is -0.707. The Morgan fingerprint density at radius 2 is 1.96 bits per heavy atom. The number of Topliss-reactive ketones (excluding diaryl/α,β-unsaturated/α-hetero) is 1. The standard InChI is InChI=1S/C22H20FNO4/c1-15-12-19(16(2)24(15)13-18-7-5-11-27-18)21(25)14-28-22(26)10-9-17-6-3-4-8-20(17)23/h3-12H,13-14H2,1-2H3/b10-9+. The molecule has 0 fully saturated rings. The van der Waals surface area contributed by atoms with Gasteiger partial charge in [-0.25, -0.2) is 9.18 Å². The molecule has 0 amide bonds. The van der Waals surface area contributed by atoms with Crippen LogP contribution >= 0.6 is 0 Å². The third kappa shape index (κ3) is 4.46. The van der Waals surface area contributed by atoms with Crippen LogP contribution in [0.3, 0.4) is 0 Å². The van der Waals surface area contributed by atoms with Crippen LogP contribution in [0.1, 0.15) is 33.1 Å². The molecule has 0 saturated carbocycles. The van der Waals surface area contributed by atoms with E-state index >= 15 is 0 Å². The topological polar surface area (TPSA) is 61.4 Å². The molecule has 0 bridgehead atoms. The Morgan fingerprint density at radius 1 is 1.18 bits per heavy atom. The van der Waals surface area contributed by atoms with Crippen LogP contribution in [0.4, 0.5) is 4.39 Å². The van der Waals surface area contributed by atoms with Gasteiger partial charge in [-0.3, -0.25) is 4.79 Å². The van der Waals surface area contributed by atoms with Crippen molar-refractivity contribution in [3.8, 4) is 0 Å². The summed E-state index contributed by atoms with van der Waals surface area (Å²) in [6.07, 6.45) is 4.02. The number of benzene rings is 1. The first-order valence-corrected chi connectivity index (χ1v) is 8.77. The molecule has 144 valence electrons. The highest BCUT2D eigenvalue weighted by Gasteiger charge is 2.17. The molecule has 3 rings (SSSR count). The molecule has 0 aliphatic carbocycles. The van der Waals surface area contributed by atoms with Crippen LogP contribution < -0.4 is 0 Å². The summed E-state index contributed by atoms with van der Waals surface area (Å²) in [5, 5.41) is 0. The Balaban J connectivity index is 1.62. The maximum Gasteiger partial charge on any atom is 0.331 e. The summed E-state index contributed by atoms with van der Waals surface area (Å²) in [5.41, 5.74) is 2.45. The van der Waals surface area contributed by atoms with Crippen molar-refractivity contribution in [3.05, 3.63) is 88.9 Å². The van der Waals surface area contributed by atoms with Crippen LogP contribution in [0.5, 0.6) is 0 Å². The van der Waals surface area contributed by atoms with Crippen molar-refractivity contribution >= 4 is 17.8 Å². The van der Waals surface area contributed by atoms with E-state index in [9.17, 15) is 14.0 Å². The number of hydrogen-bond donors (Lipinski definition) is 0. The Labute approximate surface area is 162 Å². The molecule has 5 nitrogen and oxygen atoms in total. The second kappa shape index (κ2) is 8.52. The highest BCUT2D eigenvalue weighted by atomic mass is 19.1. The van der Waals surface area contributed by atoms with Gasteiger partial charge >= 0.3 is 5.97 Å². The van der Waals surface area contributed by atoms with E-state index in [1.807, 2.05) is 30.5 Å². The summed E-state index contributed by atoms with van der Waals surface area (Å²) in [4.78, 5) is 24.3. The summed E-state index contributed by atoms with van der Waals surface area (Å²) >= 11 is 0. The third-order valence-corrected chi connectivity index (χ3v) is 4.42. The first kappa shape index (κ1) is 19.4. The quantitative estimate of drug-likeness (QED) is 0.347. The average Bonchev–Trinajstić information content (AvgIpc) is 3.29. The van der Waals surface area contributed by atoms with Gasteiger partial charge in [0.1, 0.15) is 11.6 Å². The lowest BCUT2D eigenvalue weighted by molar-refractivity contribution is -0.136. The predicted octanol–water partition coefficient (Wildman–Crippen LogP) is 4.32. The lowest BCUT2D eigenvalue weighted by Gasteiger charge is -2.08. The van der Waals surface area contributed by atoms with Crippen molar-refractivity contribution in [2.45, 2.75) is 20.4 Å². The molecule has 0 aliphatic heterocycles. The van der Waals surface area contributed by atoms with Gasteiger partial charge in [-0.2, -0.15) is 0 Å². The molecule has 28 heavy (non-hydrogen) atoms. The van der Waals surface area contributed by atoms with Crippen molar-refractivity contribution in [1.29, 1.82) is 0 Å². The highest BCUT2D eigenvalue weighted by Crippen LogP contribution is 2.18. The van der Waals surface area contributed by atoms with Crippen LogP contribution in [0.15, 0.2) is 59.2 Å². The van der Waals surface area contributed by atoms with E-state index in [2.05, 4.69) is 0 Å². The minimum Gasteiger partial charge on any atom is -0.467 e. The number of ketones is 1. The zero-order chi connectivity index (χ0) is 20.1. The molecule has 0 spiro atoms. The molecule has 1 aromatic carbocycles. The van der Waals surface area contributed by atoms with Gasteiger partial charge in [-0.15, -0.1) is 0 Å². The maximum atomic E-state index is 13.5. The fourth-order valence-electron chi connectivity index (χ4n) is 2.92. The molecule has 2 heterocycles. The van der Waals surface area contributed by atoms with Gasteiger partial charge in [-0.05, 0) is 44.2 Å². The second-order valence-corrected chi connectivity index (χ2v) is 6.34. The molecule has 3 aromatic rings. The van der Waals surface area contributed by atoms with Crippen molar-refractivity contribution in [2.24, 2.45) is 0 Å². The van der Waals surface area contributed by atoms with Crippen molar-refractivity contribution in [1.82, 2.24) is 4.57 Å². The number of aromatic nitrogens is 1. The predicted molar refractivity (Wildman–Crippen MR) is 102 cm³/mol. The van der Waals surface area contributed by atoms with Crippen LogP contribution in [-0.2, 0) is 16.1 Å². The Morgan fingerprint density at radius 3 is 2.68 bits per heavy atom. The van der Waals surface area contributed by atoms with Crippen molar-refractivity contribution in [2.75, 3.05) is 6.61 Å². The summed E-state index contributed by atoms with van der Waals surface area (Å²) in [6.45, 7) is 3.87. The van der Waals surface area contributed by atoms with E-state index in [4.69, 9.17) is 9.15 Å². The first-order valence-electron chi connectivity index (χ1n) is 8.77. The van der Waals surface area contributed by atoms with E-state index in [0.717, 1.165) is 23.2 Å². The van der Waals surface area contributed by atoms with Crippen molar-refractivity contribution in [3.63, 3.8) is 0 Å². The summed E-state index contributed by atoms with van der Waals surface area (Å²) in [5.74, 6) is -0.662. The van der Waals surface area contributed by atoms with E-state index in [-0.39, 0.29) is 18.0 Å². The molecule has 0 radical (unpaired) electrons. The van der Waals surface area contributed by atoms with Gasteiger partial charge < -0.3 is 13.7 Å². The Hall–Kier alpha value is -3.41. The van der Waals surface area contributed by atoms with E-state index in [1.165, 1.54) is 18.2 Å². The molecule has 0 aliphatic rings. The second-order valence-electron chi connectivity index (χ2n) is 6.34. The highest BCUT2D eigenvalue weighted by molar-refractivity contribution is 6.00. The molecule has 0 atom stereocenters.